The van der Waals surface area contributed by atoms with E-state index in [9.17, 15) is 4.79 Å². The van der Waals surface area contributed by atoms with Gasteiger partial charge in [-0.15, -0.1) is 0 Å². The summed E-state index contributed by atoms with van der Waals surface area (Å²) in [7, 11) is 0. The monoisotopic (exact) mass is 315 g/mol. The summed E-state index contributed by atoms with van der Waals surface area (Å²) >= 11 is 0. The molecule has 0 radical (unpaired) electrons. The maximum absolute atomic E-state index is 12.0. The maximum atomic E-state index is 12.0. The fraction of sp³-hybridized carbons (Fsp3) is 0.0526. The van der Waals surface area contributed by atoms with Crippen molar-refractivity contribution in [2.75, 3.05) is 0 Å². The van der Waals surface area contributed by atoms with Crippen LogP contribution in [0.5, 0.6) is 0 Å². The summed E-state index contributed by atoms with van der Waals surface area (Å²) in [4.78, 5) is 24.8. The van der Waals surface area contributed by atoms with Gasteiger partial charge < -0.3 is 4.42 Å². The van der Waals surface area contributed by atoms with Crippen molar-refractivity contribution >= 4 is 16.7 Å². The summed E-state index contributed by atoms with van der Waals surface area (Å²) < 4.78 is 5.30. The number of aromatic nitrogens is 3. The van der Waals surface area contributed by atoms with Gasteiger partial charge in [-0.05, 0) is 31.2 Å². The quantitative estimate of drug-likeness (QED) is 0.531. The van der Waals surface area contributed by atoms with Crippen molar-refractivity contribution in [3.05, 3.63) is 66.8 Å². The molecule has 0 spiro atoms. The van der Waals surface area contributed by atoms with E-state index in [4.69, 9.17) is 4.42 Å². The van der Waals surface area contributed by atoms with Crippen molar-refractivity contribution in [2.24, 2.45) is 0 Å². The molecule has 3 heterocycles. The van der Waals surface area contributed by atoms with Crippen LogP contribution in [0.25, 0.3) is 33.6 Å². The Morgan fingerprint density at radius 3 is 2.54 bits per heavy atom. The summed E-state index contributed by atoms with van der Waals surface area (Å²) in [6, 6.07) is 11.4. The molecule has 0 bridgehead atoms. The van der Waals surface area contributed by atoms with Crippen molar-refractivity contribution in [1.29, 1.82) is 0 Å². The van der Waals surface area contributed by atoms with Crippen LogP contribution in [0.4, 0.5) is 0 Å². The smallest absolute Gasteiger partial charge is 0.225 e. The van der Waals surface area contributed by atoms with E-state index in [1.165, 1.54) is 0 Å². The van der Waals surface area contributed by atoms with Crippen LogP contribution in [0.1, 0.15) is 17.3 Å². The second-order valence-corrected chi connectivity index (χ2v) is 5.42. The molecule has 0 fully saturated rings. The molecule has 24 heavy (non-hydrogen) atoms. The fourth-order valence-electron chi connectivity index (χ4n) is 2.66. The SMILES string of the molecule is CC(=O)c1cc(-c2ccc(-c3ncco3)cc2)nc2ccncc12. The summed E-state index contributed by atoms with van der Waals surface area (Å²) in [5, 5.41) is 0.769. The molecule has 5 heteroatoms. The normalized spacial score (nSPS) is 10.9. The number of hydrogen-bond acceptors (Lipinski definition) is 5. The first kappa shape index (κ1) is 14.3. The second-order valence-electron chi connectivity index (χ2n) is 5.42. The van der Waals surface area contributed by atoms with Crippen LogP contribution in [0.15, 0.2) is 65.7 Å². The molecule has 0 N–H and O–H groups in total. The number of benzene rings is 1. The first-order valence-electron chi connectivity index (χ1n) is 7.48. The lowest BCUT2D eigenvalue weighted by Crippen LogP contribution is -1.98. The minimum Gasteiger partial charge on any atom is -0.445 e. The van der Waals surface area contributed by atoms with Crippen LogP contribution in [-0.4, -0.2) is 20.7 Å². The maximum Gasteiger partial charge on any atom is 0.225 e. The van der Waals surface area contributed by atoms with Crippen LogP contribution in [0.3, 0.4) is 0 Å². The minimum absolute atomic E-state index is 0.00643. The molecule has 3 aromatic heterocycles. The van der Waals surface area contributed by atoms with Gasteiger partial charge in [0.15, 0.2) is 5.78 Å². The van der Waals surface area contributed by atoms with Gasteiger partial charge in [-0.2, -0.15) is 0 Å². The van der Waals surface area contributed by atoms with Gasteiger partial charge in [0.25, 0.3) is 0 Å². The lowest BCUT2D eigenvalue weighted by Gasteiger charge is -2.08. The molecule has 0 atom stereocenters. The Morgan fingerprint density at radius 2 is 1.83 bits per heavy atom. The van der Waals surface area contributed by atoms with E-state index in [2.05, 4.69) is 15.0 Å². The summed E-state index contributed by atoms with van der Waals surface area (Å²) in [5.74, 6) is 0.566. The largest absolute Gasteiger partial charge is 0.445 e. The second kappa shape index (κ2) is 5.70. The number of fused-ring (bicyclic) bond motifs is 1. The highest BCUT2D eigenvalue weighted by molar-refractivity contribution is 6.06. The molecular weight excluding hydrogens is 302 g/mol. The standard InChI is InChI=1S/C19H13N3O2/c1-12(23)15-10-18(22-17-6-7-20-11-16(15)17)13-2-4-14(5-3-13)19-21-8-9-24-19/h2-11H,1H3. The Balaban J connectivity index is 1.83. The Hall–Kier alpha value is -3.34. The zero-order chi connectivity index (χ0) is 16.5. The molecule has 5 nitrogen and oxygen atoms in total. The molecule has 0 aliphatic carbocycles. The molecule has 4 aromatic rings. The van der Waals surface area contributed by atoms with Crippen LogP contribution in [0, 0.1) is 0 Å². The van der Waals surface area contributed by atoms with Crippen LogP contribution in [0.2, 0.25) is 0 Å². The van der Waals surface area contributed by atoms with Crippen molar-refractivity contribution in [1.82, 2.24) is 15.0 Å². The van der Waals surface area contributed by atoms with Crippen LogP contribution < -0.4 is 0 Å². The molecule has 0 aliphatic heterocycles. The van der Waals surface area contributed by atoms with Crippen molar-refractivity contribution in [3.63, 3.8) is 0 Å². The van der Waals surface area contributed by atoms with Gasteiger partial charge >= 0.3 is 0 Å². The first-order chi connectivity index (χ1) is 11.7. The number of ketones is 1. The Kier molecular flexibility index (Phi) is 3.39. The zero-order valence-electron chi connectivity index (χ0n) is 12.9. The molecular formula is C19H13N3O2. The third-order valence-corrected chi connectivity index (χ3v) is 3.85. The number of oxazole rings is 1. The number of carbonyl (C=O) groups excluding carboxylic acids is 1. The average molecular weight is 315 g/mol. The average Bonchev–Trinajstić information content (AvgIpc) is 3.15. The fourth-order valence-corrected chi connectivity index (χ4v) is 2.66. The predicted molar refractivity (Wildman–Crippen MR) is 90.5 cm³/mol. The zero-order valence-corrected chi connectivity index (χ0v) is 12.9. The van der Waals surface area contributed by atoms with Crippen molar-refractivity contribution < 1.29 is 9.21 Å². The predicted octanol–water partition coefficient (Wildman–Crippen LogP) is 4.15. The Morgan fingerprint density at radius 1 is 1.04 bits per heavy atom. The molecule has 0 amide bonds. The van der Waals surface area contributed by atoms with E-state index in [-0.39, 0.29) is 5.78 Å². The van der Waals surface area contributed by atoms with E-state index in [0.29, 0.717) is 11.5 Å². The molecule has 0 unspecified atom stereocenters. The summed E-state index contributed by atoms with van der Waals surface area (Å²) in [6.07, 6.45) is 6.51. The van der Waals surface area contributed by atoms with Crippen LogP contribution >= 0.6 is 0 Å². The molecule has 4 rings (SSSR count). The molecule has 0 saturated carbocycles. The number of Topliss-reactive ketones (excluding diaryl/α,β-unsaturated/α-hetero) is 1. The minimum atomic E-state index is -0.00643. The number of carbonyl (C=O) groups is 1. The lowest BCUT2D eigenvalue weighted by molar-refractivity contribution is 0.101. The third kappa shape index (κ3) is 2.46. The number of rotatable bonds is 3. The van der Waals surface area contributed by atoms with Crippen molar-refractivity contribution in [2.45, 2.75) is 6.92 Å². The lowest BCUT2D eigenvalue weighted by atomic mass is 10.0. The highest BCUT2D eigenvalue weighted by Crippen LogP contribution is 2.26. The van der Waals surface area contributed by atoms with Gasteiger partial charge in [0, 0.05) is 34.5 Å². The van der Waals surface area contributed by atoms with Gasteiger partial charge in [0.05, 0.1) is 17.4 Å². The number of nitrogens with zero attached hydrogens (tertiary/aromatic N) is 3. The van der Waals surface area contributed by atoms with E-state index < -0.39 is 0 Å². The van der Waals surface area contributed by atoms with E-state index in [0.717, 1.165) is 27.7 Å². The van der Waals surface area contributed by atoms with E-state index in [1.807, 2.05) is 36.4 Å². The van der Waals surface area contributed by atoms with E-state index in [1.54, 1.807) is 31.8 Å². The summed E-state index contributed by atoms with van der Waals surface area (Å²) in [5.41, 5.74) is 3.94. The van der Waals surface area contributed by atoms with E-state index >= 15 is 0 Å². The highest BCUT2D eigenvalue weighted by Gasteiger charge is 2.11. The van der Waals surface area contributed by atoms with Crippen LogP contribution in [-0.2, 0) is 0 Å². The summed E-state index contributed by atoms with van der Waals surface area (Å²) in [6.45, 7) is 1.55. The van der Waals surface area contributed by atoms with Gasteiger partial charge in [0.1, 0.15) is 6.26 Å². The third-order valence-electron chi connectivity index (χ3n) is 3.85. The molecule has 0 aliphatic rings. The van der Waals surface area contributed by atoms with Gasteiger partial charge in [-0.1, -0.05) is 12.1 Å². The van der Waals surface area contributed by atoms with Gasteiger partial charge in [0.2, 0.25) is 5.89 Å². The highest BCUT2D eigenvalue weighted by atomic mass is 16.3. The molecule has 0 saturated heterocycles. The molecule has 1 aromatic carbocycles. The topological polar surface area (TPSA) is 68.9 Å². The molecule has 116 valence electrons. The number of pyridine rings is 2. The van der Waals surface area contributed by atoms with Gasteiger partial charge in [-0.3, -0.25) is 9.78 Å². The van der Waals surface area contributed by atoms with Crippen molar-refractivity contribution in [3.8, 4) is 22.7 Å². The Labute approximate surface area is 138 Å². The Bertz CT molecular complexity index is 1020. The number of hydrogen-bond donors (Lipinski definition) is 0. The van der Waals surface area contributed by atoms with Gasteiger partial charge in [-0.25, -0.2) is 9.97 Å². The first-order valence-corrected chi connectivity index (χ1v) is 7.48.